The van der Waals surface area contributed by atoms with Gasteiger partial charge < -0.3 is 5.11 Å². The Balaban J connectivity index is 2.36. The number of fused-ring (bicyclic) bond motifs is 1. The molecule has 0 aliphatic carbocycles. The summed E-state index contributed by atoms with van der Waals surface area (Å²) in [5.41, 5.74) is 6.07. The van der Waals surface area contributed by atoms with Gasteiger partial charge in [0.05, 0.1) is 5.69 Å². The van der Waals surface area contributed by atoms with Crippen LogP contribution in [0.4, 0.5) is 4.39 Å². The van der Waals surface area contributed by atoms with Crippen LogP contribution in [0.3, 0.4) is 0 Å². The third-order valence-corrected chi connectivity index (χ3v) is 4.17. The summed E-state index contributed by atoms with van der Waals surface area (Å²) in [6.07, 6.45) is 0.520. The van der Waals surface area contributed by atoms with Crippen molar-refractivity contribution in [2.24, 2.45) is 0 Å². The second-order valence-electron chi connectivity index (χ2n) is 6.05. The quantitative estimate of drug-likeness (QED) is 0.772. The Bertz CT molecular complexity index is 866. The van der Waals surface area contributed by atoms with E-state index in [0.717, 1.165) is 44.4 Å². The highest BCUT2D eigenvalue weighted by Gasteiger charge is 2.13. The molecule has 0 aliphatic rings. The molecule has 1 N–H and O–H groups in total. The van der Waals surface area contributed by atoms with Crippen LogP contribution in [0.25, 0.3) is 22.0 Å². The normalized spacial score (nSPS) is 11.2. The Morgan fingerprint density at radius 3 is 2.48 bits per heavy atom. The molecule has 0 atom stereocenters. The van der Waals surface area contributed by atoms with Crippen molar-refractivity contribution in [1.82, 2.24) is 4.98 Å². The Kier molecular flexibility index (Phi) is 4.14. The summed E-state index contributed by atoms with van der Waals surface area (Å²) in [5, 5.41) is 11.2. The summed E-state index contributed by atoms with van der Waals surface area (Å²) in [5.74, 6) is -0.262. The van der Waals surface area contributed by atoms with Gasteiger partial charge >= 0.3 is 0 Å². The van der Waals surface area contributed by atoms with Crippen LogP contribution in [0.15, 0.2) is 36.4 Å². The highest BCUT2D eigenvalue weighted by molar-refractivity contribution is 5.98. The molecule has 0 radical (unpaired) electrons. The minimum absolute atomic E-state index is 0.0492. The molecule has 0 spiro atoms. The van der Waals surface area contributed by atoms with Crippen molar-refractivity contribution in [1.29, 1.82) is 0 Å². The third-order valence-electron chi connectivity index (χ3n) is 4.17. The number of aliphatic hydroxyl groups excluding tert-OH is 1. The maximum atomic E-state index is 13.8. The van der Waals surface area contributed by atoms with Crippen LogP contribution in [-0.2, 0) is 6.42 Å². The van der Waals surface area contributed by atoms with Gasteiger partial charge in [0.2, 0.25) is 0 Å². The summed E-state index contributed by atoms with van der Waals surface area (Å²) >= 11 is 0. The number of nitrogens with zero attached hydrogens (tertiary/aromatic N) is 1. The fraction of sp³-hybridized carbons (Fsp3) is 0.250. The number of hydrogen-bond donors (Lipinski definition) is 1. The molecule has 2 aromatic carbocycles. The zero-order valence-electron chi connectivity index (χ0n) is 13.7. The van der Waals surface area contributed by atoms with Crippen molar-refractivity contribution in [2.45, 2.75) is 27.2 Å². The lowest BCUT2D eigenvalue weighted by atomic mass is 9.91. The van der Waals surface area contributed by atoms with Crippen molar-refractivity contribution < 1.29 is 9.50 Å². The fourth-order valence-corrected chi connectivity index (χ4v) is 3.23. The Morgan fingerprint density at radius 1 is 1.00 bits per heavy atom. The predicted octanol–water partition coefficient (Wildman–Crippen LogP) is 4.50. The average molecular weight is 309 g/mol. The van der Waals surface area contributed by atoms with E-state index in [1.807, 2.05) is 26.8 Å². The predicted molar refractivity (Wildman–Crippen MR) is 92.1 cm³/mol. The van der Waals surface area contributed by atoms with Crippen LogP contribution in [0.2, 0.25) is 0 Å². The van der Waals surface area contributed by atoms with E-state index in [2.05, 4.69) is 17.1 Å². The molecule has 1 heterocycles. The van der Waals surface area contributed by atoms with Crippen LogP contribution in [0, 0.1) is 26.6 Å². The summed E-state index contributed by atoms with van der Waals surface area (Å²) in [6, 6.07) is 11.0. The van der Waals surface area contributed by atoms with E-state index in [1.54, 1.807) is 12.1 Å². The molecular weight excluding hydrogens is 289 g/mol. The molecule has 0 amide bonds. The highest BCUT2D eigenvalue weighted by atomic mass is 19.1. The lowest BCUT2D eigenvalue weighted by Crippen LogP contribution is -1.99. The first-order valence-electron chi connectivity index (χ1n) is 7.78. The topological polar surface area (TPSA) is 33.1 Å². The Hall–Kier alpha value is -2.26. The number of rotatable bonds is 3. The molecule has 0 bridgehead atoms. The van der Waals surface area contributed by atoms with Crippen LogP contribution in [0.1, 0.15) is 22.4 Å². The van der Waals surface area contributed by atoms with Gasteiger partial charge in [-0.05, 0) is 85.0 Å². The first kappa shape index (κ1) is 15.6. The van der Waals surface area contributed by atoms with Gasteiger partial charge in [-0.2, -0.15) is 0 Å². The molecule has 3 rings (SSSR count). The smallest absolute Gasteiger partial charge is 0.123 e. The minimum atomic E-state index is -0.262. The van der Waals surface area contributed by atoms with Gasteiger partial charge in [0, 0.05) is 17.9 Å². The van der Waals surface area contributed by atoms with Crippen molar-refractivity contribution in [2.75, 3.05) is 6.61 Å². The molecule has 2 nitrogen and oxygen atoms in total. The van der Waals surface area contributed by atoms with E-state index in [-0.39, 0.29) is 12.4 Å². The molecule has 3 heteroatoms. The van der Waals surface area contributed by atoms with Gasteiger partial charge in [0.15, 0.2) is 0 Å². The molecule has 0 unspecified atom stereocenters. The molecule has 23 heavy (non-hydrogen) atoms. The standard InChI is InChI=1S/C20H20FNO/c1-12-8-14(3)22-20(9-12)19-10-13(2)16(6-7-23)18-11-15(21)4-5-17(18)19/h4-5,8-11,23H,6-7H2,1-3H3. The number of aryl methyl sites for hydroxylation is 3. The lowest BCUT2D eigenvalue weighted by molar-refractivity contribution is 0.300. The highest BCUT2D eigenvalue weighted by Crippen LogP contribution is 2.33. The van der Waals surface area contributed by atoms with Crippen LogP contribution >= 0.6 is 0 Å². The van der Waals surface area contributed by atoms with Crippen molar-refractivity contribution in [3.63, 3.8) is 0 Å². The first-order valence-corrected chi connectivity index (χ1v) is 7.78. The molecule has 118 valence electrons. The third kappa shape index (κ3) is 2.97. The number of hydrogen-bond acceptors (Lipinski definition) is 2. The van der Waals surface area contributed by atoms with E-state index >= 15 is 0 Å². The maximum Gasteiger partial charge on any atom is 0.123 e. The van der Waals surface area contributed by atoms with E-state index < -0.39 is 0 Å². The summed E-state index contributed by atoms with van der Waals surface area (Å²) in [4.78, 5) is 4.65. The number of halogens is 1. The van der Waals surface area contributed by atoms with E-state index in [4.69, 9.17) is 0 Å². The Morgan fingerprint density at radius 2 is 1.78 bits per heavy atom. The van der Waals surface area contributed by atoms with Gasteiger partial charge in [0.1, 0.15) is 5.82 Å². The number of aliphatic hydroxyl groups is 1. The first-order chi connectivity index (χ1) is 11.0. The molecule has 0 saturated carbocycles. The van der Waals surface area contributed by atoms with Crippen molar-refractivity contribution in [3.8, 4) is 11.3 Å². The molecule has 3 aromatic rings. The lowest BCUT2D eigenvalue weighted by Gasteiger charge is -2.15. The number of benzene rings is 2. The SMILES string of the molecule is Cc1cc(C)nc(-c2cc(C)c(CCO)c3cc(F)ccc23)c1. The largest absolute Gasteiger partial charge is 0.396 e. The van der Waals surface area contributed by atoms with E-state index in [0.29, 0.717) is 6.42 Å². The average Bonchev–Trinajstić information content (AvgIpc) is 2.49. The van der Waals surface area contributed by atoms with Gasteiger partial charge in [-0.3, -0.25) is 4.98 Å². The van der Waals surface area contributed by atoms with Gasteiger partial charge in [0.25, 0.3) is 0 Å². The number of pyridine rings is 1. The zero-order valence-corrected chi connectivity index (χ0v) is 13.7. The fourth-order valence-electron chi connectivity index (χ4n) is 3.23. The zero-order chi connectivity index (χ0) is 16.6. The van der Waals surface area contributed by atoms with Crippen LogP contribution in [-0.4, -0.2) is 16.7 Å². The summed E-state index contributed by atoms with van der Waals surface area (Å²) in [7, 11) is 0. The second-order valence-corrected chi connectivity index (χ2v) is 6.05. The monoisotopic (exact) mass is 309 g/mol. The van der Waals surface area contributed by atoms with Crippen molar-refractivity contribution in [3.05, 3.63) is 64.6 Å². The molecular formula is C20H20FNO. The number of aromatic nitrogens is 1. The van der Waals surface area contributed by atoms with E-state index in [1.165, 1.54) is 6.07 Å². The summed E-state index contributed by atoms with van der Waals surface area (Å²) < 4.78 is 13.8. The van der Waals surface area contributed by atoms with E-state index in [9.17, 15) is 9.50 Å². The minimum Gasteiger partial charge on any atom is -0.396 e. The molecule has 0 fully saturated rings. The van der Waals surface area contributed by atoms with Gasteiger partial charge in [-0.25, -0.2) is 4.39 Å². The summed E-state index contributed by atoms with van der Waals surface area (Å²) in [6.45, 7) is 6.08. The van der Waals surface area contributed by atoms with Gasteiger partial charge in [-0.15, -0.1) is 0 Å². The second kappa shape index (κ2) is 6.09. The van der Waals surface area contributed by atoms with Crippen LogP contribution < -0.4 is 0 Å². The molecule has 0 aliphatic heterocycles. The van der Waals surface area contributed by atoms with Crippen LogP contribution in [0.5, 0.6) is 0 Å². The van der Waals surface area contributed by atoms with Crippen molar-refractivity contribution >= 4 is 10.8 Å². The molecule has 1 aromatic heterocycles. The molecule has 0 saturated heterocycles. The van der Waals surface area contributed by atoms with Gasteiger partial charge in [-0.1, -0.05) is 6.07 Å². The Labute approximate surface area is 135 Å². The maximum absolute atomic E-state index is 13.8.